The lowest BCUT2D eigenvalue weighted by Crippen LogP contribution is -2.43. The molecule has 1 unspecified atom stereocenters. The van der Waals surface area contributed by atoms with Crippen LogP contribution >= 0.6 is 0 Å². The van der Waals surface area contributed by atoms with Crippen LogP contribution in [-0.4, -0.2) is 35.7 Å². The number of carbonyl (C=O) groups is 1. The topological polar surface area (TPSA) is 61.4 Å². The molecule has 0 aromatic rings. The van der Waals surface area contributed by atoms with Crippen LogP contribution in [-0.2, 0) is 4.79 Å². The van der Waals surface area contributed by atoms with E-state index in [1.54, 1.807) is 13.8 Å². The van der Waals surface area contributed by atoms with E-state index in [1.807, 2.05) is 13.8 Å². The molecule has 0 heterocycles. The fourth-order valence-corrected chi connectivity index (χ4v) is 1.01. The second-order valence-corrected chi connectivity index (χ2v) is 4.13. The largest absolute Gasteiger partial charge is 0.390 e. The molecular formula is C10H22N2O2. The molecular weight excluding hydrogens is 180 g/mol. The summed E-state index contributed by atoms with van der Waals surface area (Å²) >= 11 is 0. The Kier molecular flexibility index (Phi) is 5.72. The van der Waals surface area contributed by atoms with Crippen LogP contribution in [0.5, 0.6) is 0 Å². The molecule has 1 atom stereocenters. The van der Waals surface area contributed by atoms with Crippen LogP contribution in [0.2, 0.25) is 0 Å². The van der Waals surface area contributed by atoms with E-state index < -0.39 is 5.60 Å². The molecule has 0 radical (unpaired) electrons. The van der Waals surface area contributed by atoms with Crippen LogP contribution in [0.25, 0.3) is 0 Å². The van der Waals surface area contributed by atoms with Crippen LogP contribution in [0.3, 0.4) is 0 Å². The van der Waals surface area contributed by atoms with Gasteiger partial charge in [0.25, 0.3) is 0 Å². The predicted molar refractivity (Wildman–Crippen MR) is 57.1 cm³/mol. The Hall–Kier alpha value is -0.610. The van der Waals surface area contributed by atoms with Crippen LogP contribution in [0.15, 0.2) is 0 Å². The van der Waals surface area contributed by atoms with Crippen molar-refractivity contribution in [2.24, 2.45) is 0 Å². The Bertz CT molecular complexity index is 175. The molecule has 4 heteroatoms. The van der Waals surface area contributed by atoms with E-state index in [4.69, 9.17) is 0 Å². The lowest BCUT2D eigenvalue weighted by Gasteiger charge is -2.19. The molecule has 14 heavy (non-hydrogen) atoms. The van der Waals surface area contributed by atoms with Gasteiger partial charge in [0.2, 0.25) is 5.91 Å². The van der Waals surface area contributed by atoms with Crippen molar-refractivity contribution >= 4 is 5.91 Å². The molecule has 0 aliphatic heterocycles. The molecule has 4 nitrogen and oxygen atoms in total. The summed E-state index contributed by atoms with van der Waals surface area (Å²) in [7, 11) is 0. The first-order valence-electron chi connectivity index (χ1n) is 5.10. The third-order valence-corrected chi connectivity index (χ3v) is 1.93. The minimum absolute atomic E-state index is 0.00301. The Labute approximate surface area is 86.1 Å². The van der Waals surface area contributed by atoms with Gasteiger partial charge in [-0.05, 0) is 40.7 Å². The van der Waals surface area contributed by atoms with Crippen molar-refractivity contribution in [3.8, 4) is 0 Å². The van der Waals surface area contributed by atoms with E-state index in [0.717, 1.165) is 0 Å². The van der Waals surface area contributed by atoms with Crippen molar-refractivity contribution in [1.29, 1.82) is 0 Å². The first-order chi connectivity index (χ1) is 6.37. The number of nitrogens with one attached hydrogen (secondary N) is 2. The lowest BCUT2D eigenvalue weighted by molar-refractivity contribution is -0.122. The number of hydrogen-bond acceptors (Lipinski definition) is 3. The summed E-state index contributed by atoms with van der Waals surface area (Å²) in [4.78, 5) is 11.3. The van der Waals surface area contributed by atoms with Crippen molar-refractivity contribution in [1.82, 2.24) is 10.6 Å². The van der Waals surface area contributed by atoms with E-state index in [2.05, 4.69) is 10.6 Å². The third-order valence-electron chi connectivity index (χ3n) is 1.93. The van der Waals surface area contributed by atoms with Gasteiger partial charge in [-0.2, -0.15) is 0 Å². The zero-order valence-corrected chi connectivity index (χ0v) is 9.55. The van der Waals surface area contributed by atoms with Gasteiger partial charge in [0.15, 0.2) is 0 Å². The average Bonchev–Trinajstić information content (AvgIpc) is 2.02. The van der Waals surface area contributed by atoms with Gasteiger partial charge in [0.05, 0.1) is 11.6 Å². The number of rotatable bonds is 6. The molecule has 0 fully saturated rings. The molecule has 3 N–H and O–H groups in total. The maximum absolute atomic E-state index is 11.3. The SMILES string of the molecule is CCNC(=O)C(C)NCCC(C)(C)O. The third kappa shape index (κ3) is 6.86. The molecule has 84 valence electrons. The van der Waals surface area contributed by atoms with Crippen molar-refractivity contribution in [2.75, 3.05) is 13.1 Å². The van der Waals surface area contributed by atoms with E-state index in [-0.39, 0.29) is 11.9 Å². The van der Waals surface area contributed by atoms with Crippen LogP contribution in [0.4, 0.5) is 0 Å². The van der Waals surface area contributed by atoms with E-state index >= 15 is 0 Å². The smallest absolute Gasteiger partial charge is 0.236 e. The van der Waals surface area contributed by atoms with Crippen LogP contribution in [0, 0.1) is 0 Å². The Morgan fingerprint density at radius 1 is 1.50 bits per heavy atom. The standard InChI is InChI=1S/C10H22N2O2/c1-5-11-9(13)8(2)12-7-6-10(3,4)14/h8,12,14H,5-7H2,1-4H3,(H,11,13). The quantitative estimate of drug-likeness (QED) is 0.579. The van der Waals surface area contributed by atoms with Crippen molar-refractivity contribution in [3.63, 3.8) is 0 Å². The van der Waals surface area contributed by atoms with Crippen LogP contribution in [0.1, 0.15) is 34.1 Å². The minimum Gasteiger partial charge on any atom is -0.390 e. The molecule has 0 aliphatic rings. The molecule has 0 aromatic carbocycles. The second kappa shape index (κ2) is 5.98. The van der Waals surface area contributed by atoms with Gasteiger partial charge in [0.1, 0.15) is 0 Å². The highest BCUT2D eigenvalue weighted by Crippen LogP contribution is 2.05. The summed E-state index contributed by atoms with van der Waals surface area (Å²) < 4.78 is 0. The maximum Gasteiger partial charge on any atom is 0.236 e. The summed E-state index contributed by atoms with van der Waals surface area (Å²) in [6.07, 6.45) is 0.636. The molecule has 1 amide bonds. The van der Waals surface area contributed by atoms with Gasteiger partial charge in [-0.3, -0.25) is 4.79 Å². The summed E-state index contributed by atoms with van der Waals surface area (Å²) in [5, 5.41) is 15.2. The summed E-state index contributed by atoms with van der Waals surface area (Å²) in [6, 6.07) is -0.197. The number of amides is 1. The average molecular weight is 202 g/mol. The van der Waals surface area contributed by atoms with Crippen LogP contribution < -0.4 is 10.6 Å². The molecule has 0 aromatic heterocycles. The molecule has 0 aliphatic carbocycles. The zero-order valence-electron chi connectivity index (χ0n) is 9.55. The normalized spacial score (nSPS) is 13.8. The lowest BCUT2D eigenvalue weighted by atomic mass is 10.1. The molecule has 0 saturated heterocycles. The first-order valence-corrected chi connectivity index (χ1v) is 5.10. The highest BCUT2D eigenvalue weighted by atomic mass is 16.3. The first kappa shape index (κ1) is 13.4. The van der Waals surface area contributed by atoms with Crippen molar-refractivity contribution in [3.05, 3.63) is 0 Å². The summed E-state index contributed by atoms with van der Waals surface area (Å²) in [6.45, 7) is 8.51. The maximum atomic E-state index is 11.3. The second-order valence-electron chi connectivity index (χ2n) is 4.13. The van der Waals surface area contributed by atoms with E-state index in [0.29, 0.717) is 19.5 Å². The van der Waals surface area contributed by atoms with E-state index in [9.17, 15) is 9.90 Å². The molecule has 0 spiro atoms. The number of hydrogen-bond donors (Lipinski definition) is 3. The summed E-state index contributed by atoms with van der Waals surface area (Å²) in [5.41, 5.74) is -0.673. The molecule has 0 saturated carbocycles. The minimum atomic E-state index is -0.673. The molecule has 0 rings (SSSR count). The summed E-state index contributed by atoms with van der Waals surface area (Å²) in [5.74, 6) is 0.00301. The molecule has 0 bridgehead atoms. The number of aliphatic hydroxyl groups is 1. The Balaban J connectivity index is 3.63. The number of carbonyl (C=O) groups excluding carboxylic acids is 1. The zero-order chi connectivity index (χ0) is 11.2. The van der Waals surface area contributed by atoms with Crippen molar-refractivity contribution < 1.29 is 9.90 Å². The fourth-order valence-electron chi connectivity index (χ4n) is 1.01. The Morgan fingerprint density at radius 2 is 2.07 bits per heavy atom. The van der Waals surface area contributed by atoms with Crippen molar-refractivity contribution in [2.45, 2.75) is 45.8 Å². The highest BCUT2D eigenvalue weighted by Gasteiger charge is 2.14. The van der Waals surface area contributed by atoms with Gasteiger partial charge in [-0.15, -0.1) is 0 Å². The number of likely N-dealkylation sites (N-methyl/N-ethyl adjacent to an activating group) is 1. The van der Waals surface area contributed by atoms with Gasteiger partial charge in [-0.25, -0.2) is 0 Å². The van der Waals surface area contributed by atoms with Gasteiger partial charge < -0.3 is 15.7 Å². The fraction of sp³-hybridized carbons (Fsp3) is 0.900. The Morgan fingerprint density at radius 3 is 2.50 bits per heavy atom. The van der Waals surface area contributed by atoms with Gasteiger partial charge >= 0.3 is 0 Å². The monoisotopic (exact) mass is 202 g/mol. The highest BCUT2D eigenvalue weighted by molar-refractivity contribution is 5.81. The predicted octanol–water partition coefficient (Wildman–Crippen LogP) is 0.262. The van der Waals surface area contributed by atoms with E-state index in [1.165, 1.54) is 0 Å². The van der Waals surface area contributed by atoms with Gasteiger partial charge in [0, 0.05) is 6.54 Å². The van der Waals surface area contributed by atoms with Gasteiger partial charge in [-0.1, -0.05) is 0 Å².